The number of rotatable bonds is 4. The molecule has 5 heteroatoms. The fourth-order valence-corrected chi connectivity index (χ4v) is 1.88. The minimum absolute atomic E-state index is 0.164. The zero-order chi connectivity index (χ0) is 13.1. The first-order chi connectivity index (χ1) is 8.58. The van der Waals surface area contributed by atoms with Gasteiger partial charge in [0.15, 0.2) is 5.76 Å². The topological polar surface area (TPSA) is 60.1 Å². The van der Waals surface area contributed by atoms with E-state index in [9.17, 15) is 4.79 Å². The van der Waals surface area contributed by atoms with Crippen LogP contribution in [0.1, 0.15) is 27.6 Å². The van der Waals surface area contributed by atoms with E-state index < -0.39 is 0 Å². The Morgan fingerprint density at radius 3 is 2.83 bits per heavy atom. The summed E-state index contributed by atoms with van der Waals surface area (Å²) in [5.74, 6) is 0.990. The van der Waals surface area contributed by atoms with E-state index in [4.69, 9.17) is 4.42 Å². The Hall–Kier alpha value is -2.04. The van der Waals surface area contributed by atoms with E-state index in [1.54, 1.807) is 12.5 Å². The average molecular weight is 247 g/mol. The first-order valence-electron chi connectivity index (χ1n) is 5.88. The van der Waals surface area contributed by atoms with E-state index in [1.165, 1.54) is 0 Å². The lowest BCUT2D eigenvalue weighted by atomic mass is 10.2. The van der Waals surface area contributed by atoms with Gasteiger partial charge in [-0.25, -0.2) is 4.98 Å². The molecule has 0 aliphatic carbocycles. The molecule has 0 radical (unpaired) electrons. The van der Waals surface area contributed by atoms with Crippen molar-refractivity contribution in [2.24, 2.45) is 7.05 Å². The van der Waals surface area contributed by atoms with Crippen molar-refractivity contribution in [1.29, 1.82) is 0 Å². The van der Waals surface area contributed by atoms with Crippen molar-refractivity contribution in [3.8, 4) is 0 Å². The molecular weight excluding hydrogens is 230 g/mol. The fourth-order valence-electron chi connectivity index (χ4n) is 1.88. The number of carbonyl (C=O) groups is 1. The Morgan fingerprint density at radius 2 is 2.28 bits per heavy atom. The van der Waals surface area contributed by atoms with Gasteiger partial charge in [-0.3, -0.25) is 4.79 Å². The van der Waals surface area contributed by atoms with E-state index in [2.05, 4.69) is 10.3 Å². The quantitative estimate of drug-likeness (QED) is 0.892. The highest BCUT2D eigenvalue weighted by Gasteiger charge is 2.13. The van der Waals surface area contributed by atoms with Gasteiger partial charge < -0.3 is 14.3 Å². The van der Waals surface area contributed by atoms with Gasteiger partial charge >= 0.3 is 0 Å². The molecule has 0 saturated heterocycles. The molecule has 2 aromatic heterocycles. The van der Waals surface area contributed by atoms with E-state index in [1.807, 2.05) is 31.5 Å². The predicted molar refractivity (Wildman–Crippen MR) is 67.4 cm³/mol. The summed E-state index contributed by atoms with van der Waals surface area (Å²) in [5, 5.41) is 2.84. The van der Waals surface area contributed by atoms with Crippen LogP contribution in [0.5, 0.6) is 0 Å². The van der Waals surface area contributed by atoms with Crippen molar-refractivity contribution < 1.29 is 9.21 Å². The lowest BCUT2D eigenvalue weighted by Crippen LogP contribution is -2.26. The van der Waals surface area contributed by atoms with Crippen molar-refractivity contribution in [2.75, 3.05) is 6.54 Å². The zero-order valence-electron chi connectivity index (χ0n) is 10.9. The molecule has 1 N–H and O–H groups in total. The van der Waals surface area contributed by atoms with Gasteiger partial charge in [0.05, 0.1) is 6.33 Å². The molecule has 0 atom stereocenters. The third-order valence-corrected chi connectivity index (χ3v) is 2.83. The van der Waals surface area contributed by atoms with E-state index in [0.29, 0.717) is 12.3 Å². The average Bonchev–Trinajstić information content (AvgIpc) is 2.85. The molecule has 2 heterocycles. The third kappa shape index (κ3) is 2.61. The number of imidazole rings is 1. The highest BCUT2D eigenvalue weighted by atomic mass is 16.3. The Labute approximate surface area is 106 Å². The normalized spacial score (nSPS) is 10.6. The van der Waals surface area contributed by atoms with Crippen LogP contribution in [0.3, 0.4) is 0 Å². The second-order valence-corrected chi connectivity index (χ2v) is 4.37. The van der Waals surface area contributed by atoms with Crippen LogP contribution in [0.4, 0.5) is 0 Å². The van der Waals surface area contributed by atoms with Crippen LogP contribution >= 0.6 is 0 Å². The second kappa shape index (κ2) is 5.08. The maximum atomic E-state index is 11.9. The van der Waals surface area contributed by atoms with Crippen LogP contribution in [0.25, 0.3) is 0 Å². The predicted octanol–water partition coefficient (Wildman–Crippen LogP) is 1.60. The number of carbonyl (C=O) groups excluding carboxylic acids is 1. The van der Waals surface area contributed by atoms with Crippen molar-refractivity contribution in [3.63, 3.8) is 0 Å². The summed E-state index contributed by atoms with van der Waals surface area (Å²) in [6.07, 6.45) is 4.30. The zero-order valence-corrected chi connectivity index (χ0v) is 10.9. The number of nitrogens with one attached hydrogen (secondary N) is 1. The van der Waals surface area contributed by atoms with Gasteiger partial charge in [-0.2, -0.15) is 0 Å². The number of aromatic nitrogens is 2. The molecule has 18 heavy (non-hydrogen) atoms. The summed E-state index contributed by atoms with van der Waals surface area (Å²) in [6.45, 7) is 4.27. The van der Waals surface area contributed by atoms with Crippen molar-refractivity contribution in [3.05, 3.63) is 41.4 Å². The van der Waals surface area contributed by atoms with Gasteiger partial charge in [-0.05, 0) is 19.9 Å². The lowest BCUT2D eigenvalue weighted by Gasteiger charge is -2.04. The maximum absolute atomic E-state index is 11.9. The van der Waals surface area contributed by atoms with Crippen LogP contribution in [0, 0.1) is 13.8 Å². The van der Waals surface area contributed by atoms with Crippen LogP contribution in [-0.4, -0.2) is 22.0 Å². The Balaban J connectivity index is 1.89. The monoisotopic (exact) mass is 247 g/mol. The Kier molecular flexibility index (Phi) is 3.50. The number of aryl methyl sites for hydroxylation is 3. The molecule has 1 amide bonds. The maximum Gasteiger partial charge on any atom is 0.287 e. The van der Waals surface area contributed by atoms with Gasteiger partial charge in [-0.1, -0.05) is 0 Å². The number of amides is 1. The lowest BCUT2D eigenvalue weighted by molar-refractivity contribution is 0.0924. The fraction of sp³-hybridized carbons (Fsp3) is 0.385. The first kappa shape index (κ1) is 12.4. The molecule has 5 nitrogen and oxygen atoms in total. The Morgan fingerprint density at radius 1 is 1.50 bits per heavy atom. The summed E-state index contributed by atoms with van der Waals surface area (Å²) < 4.78 is 7.30. The number of nitrogens with zero attached hydrogens (tertiary/aromatic N) is 2. The molecule has 0 aliphatic rings. The molecule has 0 aliphatic heterocycles. The Bertz CT molecular complexity index is 554. The molecule has 2 rings (SSSR count). The van der Waals surface area contributed by atoms with Crippen LogP contribution in [0.2, 0.25) is 0 Å². The summed E-state index contributed by atoms with van der Waals surface area (Å²) in [5.41, 5.74) is 1.95. The number of hydrogen-bond donors (Lipinski definition) is 1. The number of furan rings is 1. The van der Waals surface area contributed by atoms with Crippen molar-refractivity contribution in [1.82, 2.24) is 14.9 Å². The second-order valence-electron chi connectivity index (χ2n) is 4.37. The first-order valence-corrected chi connectivity index (χ1v) is 5.88. The van der Waals surface area contributed by atoms with Crippen molar-refractivity contribution >= 4 is 5.91 Å². The summed E-state index contributed by atoms with van der Waals surface area (Å²) >= 11 is 0. The van der Waals surface area contributed by atoms with Gasteiger partial charge in [0, 0.05) is 37.5 Å². The summed E-state index contributed by atoms with van der Waals surface area (Å²) in [7, 11) is 1.93. The van der Waals surface area contributed by atoms with Crippen LogP contribution < -0.4 is 5.32 Å². The number of hydrogen-bond acceptors (Lipinski definition) is 3. The molecule has 0 spiro atoms. The van der Waals surface area contributed by atoms with Gasteiger partial charge in [0.1, 0.15) is 5.76 Å². The molecule has 2 aromatic rings. The highest BCUT2D eigenvalue weighted by molar-refractivity contribution is 5.92. The highest BCUT2D eigenvalue weighted by Crippen LogP contribution is 2.13. The molecule has 0 unspecified atom stereocenters. The molecule has 0 bridgehead atoms. The van der Waals surface area contributed by atoms with Gasteiger partial charge in [0.2, 0.25) is 0 Å². The standard InChI is InChI=1S/C13H17N3O2/c1-9-6-10(2)18-12(9)13(17)15-5-4-11-7-14-8-16(11)3/h6-8H,4-5H2,1-3H3,(H,15,17). The largest absolute Gasteiger partial charge is 0.456 e. The molecule has 0 aromatic carbocycles. The van der Waals surface area contributed by atoms with Crippen molar-refractivity contribution in [2.45, 2.75) is 20.3 Å². The van der Waals surface area contributed by atoms with Gasteiger partial charge in [0.25, 0.3) is 5.91 Å². The molecule has 0 saturated carbocycles. The smallest absolute Gasteiger partial charge is 0.287 e. The molecular formula is C13H17N3O2. The summed E-state index contributed by atoms with van der Waals surface area (Å²) in [4.78, 5) is 15.9. The molecule has 0 fully saturated rings. The van der Waals surface area contributed by atoms with Crippen LogP contribution in [0.15, 0.2) is 23.0 Å². The SMILES string of the molecule is Cc1cc(C)c(C(=O)NCCc2cncn2C)o1. The minimum atomic E-state index is -0.164. The molecule has 96 valence electrons. The van der Waals surface area contributed by atoms with E-state index in [0.717, 1.165) is 23.4 Å². The minimum Gasteiger partial charge on any atom is -0.456 e. The van der Waals surface area contributed by atoms with Gasteiger partial charge in [-0.15, -0.1) is 0 Å². The third-order valence-electron chi connectivity index (χ3n) is 2.83. The summed E-state index contributed by atoms with van der Waals surface area (Å²) in [6, 6.07) is 1.86. The van der Waals surface area contributed by atoms with E-state index in [-0.39, 0.29) is 5.91 Å². The van der Waals surface area contributed by atoms with Crippen LogP contribution in [-0.2, 0) is 13.5 Å². The van der Waals surface area contributed by atoms with E-state index >= 15 is 0 Å².